The molecule has 2 nitrogen and oxygen atoms in total. The highest BCUT2D eigenvalue weighted by molar-refractivity contribution is 9.08. The Morgan fingerprint density at radius 2 is 2.06 bits per heavy atom. The summed E-state index contributed by atoms with van der Waals surface area (Å²) < 4.78 is 5.41. The average Bonchev–Trinajstić information content (AvgIpc) is 2.39. The Bertz CT molecular complexity index is 374. The van der Waals surface area contributed by atoms with Crippen molar-refractivity contribution in [2.75, 3.05) is 25.2 Å². The van der Waals surface area contributed by atoms with Gasteiger partial charge in [0.25, 0.3) is 0 Å². The molecule has 0 atom stereocenters. The second-order valence-electron chi connectivity index (χ2n) is 4.70. The van der Waals surface area contributed by atoms with Gasteiger partial charge in [0.05, 0.1) is 0 Å². The van der Waals surface area contributed by atoms with Gasteiger partial charge in [-0.3, -0.25) is 0 Å². The van der Waals surface area contributed by atoms with Gasteiger partial charge in [-0.15, -0.1) is 0 Å². The lowest BCUT2D eigenvalue weighted by Crippen LogP contribution is -2.36. The molecule has 17 heavy (non-hydrogen) atoms. The van der Waals surface area contributed by atoms with Gasteiger partial charge in [-0.25, -0.2) is 0 Å². The number of halogens is 1. The van der Waals surface area contributed by atoms with E-state index in [4.69, 9.17) is 4.74 Å². The Labute approximate surface area is 112 Å². The zero-order valence-corrected chi connectivity index (χ0v) is 12.2. The molecule has 2 rings (SSSR count). The van der Waals surface area contributed by atoms with E-state index in [1.807, 2.05) is 0 Å². The minimum atomic E-state index is 0.623. The Kier molecular flexibility index (Phi) is 4.46. The van der Waals surface area contributed by atoms with E-state index in [1.165, 1.54) is 16.8 Å². The van der Waals surface area contributed by atoms with E-state index < -0.39 is 0 Å². The van der Waals surface area contributed by atoms with Crippen molar-refractivity contribution in [1.29, 1.82) is 0 Å². The number of hydrogen-bond donors (Lipinski definition) is 0. The molecule has 1 fully saturated rings. The second kappa shape index (κ2) is 5.87. The van der Waals surface area contributed by atoms with Crippen molar-refractivity contribution in [3.05, 3.63) is 29.3 Å². The van der Waals surface area contributed by atoms with Crippen molar-refractivity contribution < 1.29 is 4.74 Å². The number of anilines is 1. The third-order valence-electron chi connectivity index (χ3n) is 3.62. The number of nitrogens with zero attached hydrogens (tertiary/aromatic N) is 1. The summed E-state index contributed by atoms with van der Waals surface area (Å²) >= 11 is 3.52. The van der Waals surface area contributed by atoms with Crippen LogP contribution < -0.4 is 4.90 Å². The molecule has 3 heteroatoms. The van der Waals surface area contributed by atoms with E-state index in [2.05, 4.69) is 53.0 Å². The van der Waals surface area contributed by atoms with Gasteiger partial charge in [-0.2, -0.15) is 0 Å². The summed E-state index contributed by atoms with van der Waals surface area (Å²) in [6.45, 7) is 3.97. The molecule has 1 heterocycles. The lowest BCUT2D eigenvalue weighted by Gasteiger charge is -2.33. The van der Waals surface area contributed by atoms with Gasteiger partial charge in [0, 0.05) is 37.3 Å². The third-order valence-corrected chi connectivity index (χ3v) is 4.22. The number of benzene rings is 1. The van der Waals surface area contributed by atoms with Crippen molar-refractivity contribution in [3.8, 4) is 0 Å². The van der Waals surface area contributed by atoms with E-state index in [1.54, 1.807) is 0 Å². The number of aryl methyl sites for hydroxylation is 1. The Balaban J connectivity index is 2.12. The summed E-state index contributed by atoms with van der Waals surface area (Å²) in [6.07, 6.45) is 2.27. The molecule has 0 spiro atoms. The maximum absolute atomic E-state index is 5.41. The molecule has 94 valence electrons. The molecule has 0 radical (unpaired) electrons. The van der Waals surface area contributed by atoms with Crippen LogP contribution in [0.2, 0.25) is 0 Å². The average molecular weight is 298 g/mol. The zero-order valence-electron chi connectivity index (χ0n) is 10.6. The van der Waals surface area contributed by atoms with Gasteiger partial charge >= 0.3 is 0 Å². The molecule has 1 aromatic rings. The van der Waals surface area contributed by atoms with Crippen molar-refractivity contribution in [3.63, 3.8) is 0 Å². The molecule has 0 unspecified atom stereocenters. The van der Waals surface area contributed by atoms with Gasteiger partial charge < -0.3 is 9.64 Å². The van der Waals surface area contributed by atoms with Crippen molar-refractivity contribution in [1.82, 2.24) is 0 Å². The molecular formula is C14H20BrNO. The van der Waals surface area contributed by atoms with Crippen LogP contribution in [0.1, 0.15) is 24.0 Å². The fraction of sp³-hybridized carbons (Fsp3) is 0.571. The summed E-state index contributed by atoms with van der Waals surface area (Å²) in [5.74, 6) is 0. The van der Waals surface area contributed by atoms with Crippen LogP contribution >= 0.6 is 15.9 Å². The lowest BCUT2D eigenvalue weighted by atomic mass is 10.0. The lowest BCUT2D eigenvalue weighted by molar-refractivity contribution is 0.0855. The molecular weight excluding hydrogens is 278 g/mol. The van der Waals surface area contributed by atoms with Gasteiger partial charge in [0.15, 0.2) is 0 Å². The number of alkyl halides is 1. The van der Waals surface area contributed by atoms with Gasteiger partial charge in [-0.05, 0) is 43.0 Å². The summed E-state index contributed by atoms with van der Waals surface area (Å²) in [4.78, 5) is 2.40. The molecule has 1 aliphatic rings. The molecule has 1 saturated heterocycles. The minimum absolute atomic E-state index is 0.623. The summed E-state index contributed by atoms with van der Waals surface area (Å²) in [5, 5.41) is 0.931. The predicted molar refractivity (Wildman–Crippen MR) is 76.1 cm³/mol. The first-order chi connectivity index (χ1) is 8.22. The molecule has 1 aromatic carbocycles. The molecule has 0 N–H and O–H groups in total. The summed E-state index contributed by atoms with van der Waals surface area (Å²) in [7, 11) is 2.19. The van der Waals surface area contributed by atoms with Crippen molar-refractivity contribution >= 4 is 21.6 Å². The number of hydrogen-bond acceptors (Lipinski definition) is 2. The fourth-order valence-corrected chi connectivity index (χ4v) is 2.96. The smallest absolute Gasteiger partial charge is 0.0485 e. The zero-order chi connectivity index (χ0) is 12.3. The Morgan fingerprint density at radius 1 is 1.35 bits per heavy atom. The standard InChI is InChI=1S/C14H20BrNO/c1-11-9-14(4-3-12(11)10-15)16(2)13-5-7-17-8-6-13/h3-4,9,13H,5-8,10H2,1-2H3. The van der Waals surface area contributed by atoms with E-state index >= 15 is 0 Å². The summed E-state index contributed by atoms with van der Waals surface area (Å²) in [6, 6.07) is 7.35. The monoisotopic (exact) mass is 297 g/mol. The molecule has 0 aliphatic carbocycles. The van der Waals surface area contributed by atoms with Gasteiger partial charge in [-0.1, -0.05) is 22.0 Å². The normalized spacial score (nSPS) is 17.1. The highest BCUT2D eigenvalue weighted by Gasteiger charge is 2.18. The van der Waals surface area contributed by atoms with Crippen LogP contribution in [0.4, 0.5) is 5.69 Å². The first-order valence-electron chi connectivity index (χ1n) is 6.18. The van der Waals surface area contributed by atoms with Crippen LogP contribution in [0.25, 0.3) is 0 Å². The minimum Gasteiger partial charge on any atom is -0.381 e. The molecule has 1 aliphatic heterocycles. The van der Waals surface area contributed by atoms with Crippen LogP contribution in [-0.2, 0) is 10.1 Å². The predicted octanol–water partition coefficient (Wildman–Crippen LogP) is 3.51. The highest BCUT2D eigenvalue weighted by atomic mass is 79.9. The number of ether oxygens (including phenoxy) is 1. The van der Waals surface area contributed by atoms with E-state index in [0.717, 1.165) is 31.4 Å². The molecule has 0 bridgehead atoms. The fourth-order valence-electron chi connectivity index (χ4n) is 2.33. The Hall–Kier alpha value is -0.540. The van der Waals surface area contributed by atoms with Crippen LogP contribution in [0.15, 0.2) is 18.2 Å². The van der Waals surface area contributed by atoms with E-state index in [9.17, 15) is 0 Å². The maximum Gasteiger partial charge on any atom is 0.0485 e. The first kappa shape index (κ1) is 12.9. The van der Waals surface area contributed by atoms with Crippen LogP contribution in [0.5, 0.6) is 0 Å². The van der Waals surface area contributed by atoms with Crippen molar-refractivity contribution in [2.24, 2.45) is 0 Å². The molecule has 0 amide bonds. The SMILES string of the molecule is Cc1cc(N(C)C2CCOCC2)ccc1CBr. The maximum atomic E-state index is 5.41. The molecule has 0 saturated carbocycles. The topological polar surface area (TPSA) is 12.5 Å². The van der Waals surface area contributed by atoms with Crippen LogP contribution in [0.3, 0.4) is 0 Å². The van der Waals surface area contributed by atoms with Crippen LogP contribution in [-0.4, -0.2) is 26.3 Å². The van der Waals surface area contributed by atoms with Gasteiger partial charge in [0.1, 0.15) is 0 Å². The van der Waals surface area contributed by atoms with E-state index in [-0.39, 0.29) is 0 Å². The third kappa shape index (κ3) is 3.02. The highest BCUT2D eigenvalue weighted by Crippen LogP contribution is 2.24. The Morgan fingerprint density at radius 3 is 2.65 bits per heavy atom. The first-order valence-corrected chi connectivity index (χ1v) is 7.30. The molecule has 0 aromatic heterocycles. The van der Waals surface area contributed by atoms with Crippen LogP contribution in [0, 0.1) is 6.92 Å². The van der Waals surface area contributed by atoms with Gasteiger partial charge in [0.2, 0.25) is 0 Å². The largest absolute Gasteiger partial charge is 0.381 e. The quantitative estimate of drug-likeness (QED) is 0.792. The summed E-state index contributed by atoms with van der Waals surface area (Å²) in [5.41, 5.74) is 4.05. The number of rotatable bonds is 3. The second-order valence-corrected chi connectivity index (χ2v) is 5.26. The van der Waals surface area contributed by atoms with Crippen molar-refractivity contribution in [2.45, 2.75) is 31.1 Å². The van der Waals surface area contributed by atoms with E-state index in [0.29, 0.717) is 6.04 Å².